The number of nitrogens with one attached hydrogen (secondary N) is 2. The number of aromatic nitrogens is 3. The number of benzene rings is 2. The zero-order chi connectivity index (χ0) is 14.2. The van der Waals surface area contributed by atoms with Gasteiger partial charge in [0.15, 0.2) is 0 Å². The molecule has 2 heterocycles. The van der Waals surface area contributed by atoms with Crippen molar-refractivity contribution in [2.24, 2.45) is 0 Å². The van der Waals surface area contributed by atoms with Gasteiger partial charge in [0, 0.05) is 0 Å². The summed E-state index contributed by atoms with van der Waals surface area (Å²) in [7, 11) is 0. The molecule has 5 nitrogen and oxygen atoms in total. The number of carbonyl (C=O) groups excluding carboxylic acids is 1. The third-order valence-corrected chi connectivity index (χ3v) is 4.51. The van der Waals surface area contributed by atoms with Crippen LogP contribution in [0.25, 0.3) is 21.9 Å². The number of aromatic amines is 1. The molecule has 2 aromatic heterocycles. The van der Waals surface area contributed by atoms with Crippen molar-refractivity contribution in [3.05, 3.63) is 54.2 Å². The molecule has 6 heteroatoms. The summed E-state index contributed by atoms with van der Waals surface area (Å²) in [6, 6.07) is 13.4. The standard InChI is InChI=1S/C15H10N4OSe/c20-15(10-8-16-11-5-2-1-4-9(10)11)17-12-6-3-7-13-14(12)19-21-18-13/h1-8,16H,(H,17,20). The first-order chi connectivity index (χ1) is 10.3. The predicted molar refractivity (Wildman–Crippen MR) is 82.7 cm³/mol. The number of rotatable bonds is 2. The van der Waals surface area contributed by atoms with Crippen LogP contribution in [0.4, 0.5) is 5.69 Å². The number of nitrogens with zero attached hydrogens (tertiary/aromatic N) is 2. The minimum absolute atomic E-state index is 0.107. The predicted octanol–water partition coefficient (Wildman–Crippen LogP) is 2.42. The normalized spacial score (nSPS) is 11.0. The molecule has 1 amide bonds. The molecule has 0 radical (unpaired) electrons. The van der Waals surface area contributed by atoms with Crippen LogP contribution in [0, 0.1) is 0 Å². The molecule has 4 rings (SSSR count). The van der Waals surface area contributed by atoms with Crippen LogP contribution in [0.1, 0.15) is 10.4 Å². The van der Waals surface area contributed by atoms with Crippen LogP contribution in [0.3, 0.4) is 0 Å². The van der Waals surface area contributed by atoms with E-state index < -0.39 is 0 Å². The van der Waals surface area contributed by atoms with Crippen LogP contribution in [-0.4, -0.2) is 33.8 Å². The first-order valence-corrected chi connectivity index (χ1v) is 7.95. The Hall–Kier alpha value is -2.43. The fraction of sp³-hybridized carbons (Fsp3) is 0. The average Bonchev–Trinajstić information content (AvgIpc) is 3.14. The van der Waals surface area contributed by atoms with E-state index in [1.54, 1.807) is 6.20 Å². The van der Waals surface area contributed by atoms with E-state index in [-0.39, 0.29) is 20.9 Å². The quantitative estimate of drug-likeness (QED) is 0.550. The molecular formula is C15H10N4OSe. The van der Waals surface area contributed by atoms with Gasteiger partial charge in [0.2, 0.25) is 0 Å². The summed E-state index contributed by atoms with van der Waals surface area (Å²) in [5, 5.41) is 3.84. The number of hydrogen-bond acceptors (Lipinski definition) is 3. The summed E-state index contributed by atoms with van der Waals surface area (Å²) in [4.78, 5) is 15.6. The van der Waals surface area contributed by atoms with Crippen LogP contribution in [0.15, 0.2) is 48.7 Å². The van der Waals surface area contributed by atoms with Gasteiger partial charge in [-0.1, -0.05) is 0 Å². The molecule has 102 valence electrons. The monoisotopic (exact) mass is 342 g/mol. The molecule has 0 spiro atoms. The molecule has 4 aromatic rings. The average molecular weight is 341 g/mol. The molecular weight excluding hydrogens is 331 g/mol. The van der Waals surface area contributed by atoms with Crippen LogP contribution in [0.2, 0.25) is 0 Å². The number of carbonyl (C=O) groups is 1. The van der Waals surface area contributed by atoms with Crippen LogP contribution < -0.4 is 5.32 Å². The molecule has 0 unspecified atom stereocenters. The molecule has 0 aliphatic rings. The molecule has 2 N–H and O–H groups in total. The Labute approximate surface area is 126 Å². The van der Waals surface area contributed by atoms with Crippen molar-refractivity contribution in [3.63, 3.8) is 0 Å². The van der Waals surface area contributed by atoms with Gasteiger partial charge in [-0.05, 0) is 0 Å². The van der Waals surface area contributed by atoms with Crippen LogP contribution in [-0.2, 0) is 0 Å². The van der Waals surface area contributed by atoms with Crippen LogP contribution >= 0.6 is 0 Å². The van der Waals surface area contributed by atoms with E-state index in [9.17, 15) is 4.79 Å². The Morgan fingerprint density at radius 3 is 2.95 bits per heavy atom. The molecule has 0 fully saturated rings. The van der Waals surface area contributed by atoms with E-state index in [1.165, 1.54) is 0 Å². The molecule has 0 aliphatic heterocycles. The Kier molecular flexibility index (Phi) is 2.84. The van der Waals surface area contributed by atoms with Crippen molar-refractivity contribution >= 4 is 48.5 Å². The Balaban J connectivity index is 1.74. The molecule has 0 atom stereocenters. The molecule has 21 heavy (non-hydrogen) atoms. The molecule has 0 saturated heterocycles. The first-order valence-electron chi connectivity index (χ1n) is 6.42. The van der Waals surface area contributed by atoms with Crippen molar-refractivity contribution in [2.75, 3.05) is 5.32 Å². The van der Waals surface area contributed by atoms with E-state index >= 15 is 0 Å². The number of H-pyrrole nitrogens is 1. The summed E-state index contributed by atoms with van der Waals surface area (Å²) >= 11 is -0.107. The number of para-hydroxylation sites is 1. The molecule has 0 aliphatic carbocycles. The summed E-state index contributed by atoms with van der Waals surface area (Å²) in [5.41, 5.74) is 3.93. The van der Waals surface area contributed by atoms with Crippen molar-refractivity contribution in [2.45, 2.75) is 0 Å². The van der Waals surface area contributed by atoms with E-state index in [0.717, 1.165) is 21.9 Å². The fourth-order valence-electron chi connectivity index (χ4n) is 2.36. The van der Waals surface area contributed by atoms with Gasteiger partial charge in [0.25, 0.3) is 0 Å². The number of amides is 1. The second kappa shape index (κ2) is 4.84. The van der Waals surface area contributed by atoms with E-state index in [2.05, 4.69) is 18.3 Å². The van der Waals surface area contributed by atoms with Gasteiger partial charge in [0.1, 0.15) is 0 Å². The fourth-order valence-corrected chi connectivity index (χ4v) is 3.51. The van der Waals surface area contributed by atoms with Crippen molar-refractivity contribution < 1.29 is 4.79 Å². The zero-order valence-electron chi connectivity index (χ0n) is 10.8. The van der Waals surface area contributed by atoms with Gasteiger partial charge in [0.05, 0.1) is 0 Å². The minimum atomic E-state index is -0.143. The summed E-state index contributed by atoms with van der Waals surface area (Å²) < 4.78 is 8.69. The van der Waals surface area contributed by atoms with Crippen molar-refractivity contribution in [1.82, 2.24) is 12.9 Å². The van der Waals surface area contributed by atoms with E-state index in [0.29, 0.717) is 11.3 Å². The molecule has 2 aromatic carbocycles. The van der Waals surface area contributed by atoms with E-state index in [4.69, 9.17) is 0 Å². The SMILES string of the molecule is O=C(Nc1cccc2n[se]nc12)c1c[nH]c2ccccc12. The van der Waals surface area contributed by atoms with Gasteiger partial charge in [-0.15, -0.1) is 0 Å². The number of hydrogen-bond donors (Lipinski definition) is 2. The van der Waals surface area contributed by atoms with Gasteiger partial charge < -0.3 is 0 Å². The second-order valence-corrected chi connectivity index (χ2v) is 5.75. The van der Waals surface area contributed by atoms with Crippen LogP contribution in [0.5, 0.6) is 0 Å². The Morgan fingerprint density at radius 2 is 2.00 bits per heavy atom. The maximum atomic E-state index is 12.5. The topological polar surface area (TPSA) is 70.7 Å². The van der Waals surface area contributed by atoms with Gasteiger partial charge in [-0.25, -0.2) is 0 Å². The number of anilines is 1. The Bertz CT molecular complexity index is 956. The van der Waals surface area contributed by atoms with E-state index in [1.807, 2.05) is 42.5 Å². The Morgan fingerprint density at radius 1 is 1.10 bits per heavy atom. The summed E-state index contributed by atoms with van der Waals surface area (Å²) in [6.45, 7) is 0. The zero-order valence-corrected chi connectivity index (χ0v) is 12.5. The third-order valence-electron chi connectivity index (χ3n) is 3.37. The maximum absolute atomic E-state index is 12.5. The molecule has 0 bridgehead atoms. The second-order valence-electron chi connectivity index (χ2n) is 4.64. The molecule has 0 saturated carbocycles. The van der Waals surface area contributed by atoms with Gasteiger partial charge >= 0.3 is 126 Å². The third kappa shape index (κ3) is 2.05. The van der Waals surface area contributed by atoms with Crippen molar-refractivity contribution in [1.29, 1.82) is 0 Å². The van der Waals surface area contributed by atoms with Gasteiger partial charge in [-0.2, -0.15) is 0 Å². The summed E-state index contributed by atoms with van der Waals surface area (Å²) in [6.07, 6.45) is 1.73. The van der Waals surface area contributed by atoms with Gasteiger partial charge in [-0.3, -0.25) is 0 Å². The summed E-state index contributed by atoms with van der Waals surface area (Å²) in [5.74, 6) is -0.143. The first kappa shape index (κ1) is 12.3. The van der Waals surface area contributed by atoms with Crippen molar-refractivity contribution in [3.8, 4) is 0 Å². The number of fused-ring (bicyclic) bond motifs is 2.